The van der Waals surface area contributed by atoms with Crippen molar-refractivity contribution in [2.24, 2.45) is 0 Å². The molecule has 8 aromatic carbocycles. The van der Waals surface area contributed by atoms with Gasteiger partial charge in [-0.2, -0.15) is 0 Å². The van der Waals surface area contributed by atoms with Crippen LogP contribution in [0.3, 0.4) is 0 Å². The van der Waals surface area contributed by atoms with E-state index < -0.39 is 101 Å². The van der Waals surface area contributed by atoms with Gasteiger partial charge in [-0.1, -0.05) is 160 Å². The fourth-order valence-corrected chi connectivity index (χ4v) is 27.6. The Bertz CT molecular complexity index is 8630. The highest BCUT2D eigenvalue weighted by molar-refractivity contribution is 7.95. The summed E-state index contributed by atoms with van der Waals surface area (Å²) in [6.07, 6.45) is 6.94. The molecule has 1 N–H and O–H groups in total. The lowest BCUT2D eigenvalue weighted by Gasteiger charge is -2.16. The lowest BCUT2D eigenvalue weighted by atomic mass is 10.0. The van der Waals surface area contributed by atoms with E-state index in [1.165, 1.54) is 87.9 Å². The van der Waals surface area contributed by atoms with Crippen molar-refractivity contribution >= 4 is 219 Å². The molecule has 144 heavy (non-hydrogen) atoms. The number of ether oxygens (including phenoxy) is 1. The summed E-state index contributed by atoms with van der Waals surface area (Å²) in [4.78, 5) is 132. The van der Waals surface area contributed by atoms with Gasteiger partial charge in [0.25, 0.3) is 28.1 Å². The monoisotopic (exact) mass is 2190 g/mol. The quantitative estimate of drug-likeness (QED) is 0.0383. The number of aryl methyl sites for hydroxylation is 4. The number of nitrogens with one attached hydrogen (secondary N) is 1. The molecule has 28 nitrogen and oxygen atoms in total. The number of methoxy groups -OCH3 is 1. The first-order chi connectivity index (χ1) is 67.9. The minimum atomic E-state index is -3.78. The zero-order chi connectivity index (χ0) is 105. The molecule has 0 saturated carbocycles. The fourth-order valence-electron chi connectivity index (χ4n) is 15.5. The predicted molar refractivity (Wildman–Crippen MR) is 570 cm³/mol. The standard InChI is InChI=1S/C28H28ClN3O5S2.C26H25ClN2O4S2.C25H20ClNO6S2.C24H20ClNO6S3/c1-18-4-9-22-23(14-18)24(27(34)30-12-13-31(2)3)16-32(28(22)35)20-7-5-19(6-8-20)15-21(33)17-39(36,37)26-11-10-25(29)38-26;1-17-4-9-22-23(12-17)19(14-28(2)3)15-29(26(22)31)20-7-5-18(6-8-20)13-21(30)16-35(32,33)25-11-10-24(27)34-25;1-15-3-8-19-20(11-15)21(25(30)33-2)13-27(24(19)29)17-6-4-16(5-7-17)12-18(28)14-35(31,32)23-10-9-22(26)34-23;1-15-3-8-19-20(11-15)21(34(2,29)30)13-26(24(19)28)17-6-4-16(5-7-17)12-18(27)14-35(31,32)23-10-9-22(25)33-23/h4-11,14,16H,12-13,15,17H2,1-3H3,(H,30,34);4-12,15H,13-14,16H2,1-3H3;2*3-11,13H,12,14H2,1-2H3. The normalized spacial score (nSPS) is 11.8. The van der Waals surface area contributed by atoms with Crippen LogP contribution in [0, 0.1) is 27.7 Å². The van der Waals surface area contributed by atoms with E-state index in [-0.39, 0.29) is 86.5 Å². The van der Waals surface area contributed by atoms with Crippen LogP contribution in [0.25, 0.3) is 65.8 Å². The number of Topliss-reactive ketones (excluding diaryl/α,β-unsaturated/α-hetero) is 4. The molecule has 0 atom stereocenters. The van der Waals surface area contributed by atoms with Crippen molar-refractivity contribution in [2.75, 3.05) is 77.7 Å². The molecule has 748 valence electrons. The summed E-state index contributed by atoms with van der Waals surface area (Å²) < 4.78 is 137. The number of hydrogen-bond acceptors (Lipinski definition) is 27. The molecule has 16 rings (SSSR count). The number of fused-ring (bicyclic) bond motifs is 4. The number of carbonyl (C=O) groups excluding carboxylic acids is 6. The summed E-state index contributed by atoms with van der Waals surface area (Å²) in [7, 11) is -9.57. The van der Waals surface area contributed by atoms with Gasteiger partial charge >= 0.3 is 5.97 Å². The van der Waals surface area contributed by atoms with Gasteiger partial charge in [0.05, 0.1) is 40.5 Å². The van der Waals surface area contributed by atoms with Gasteiger partial charge in [0.15, 0.2) is 72.3 Å². The second-order valence-electron chi connectivity index (χ2n) is 34.5. The second kappa shape index (κ2) is 46.1. The predicted octanol–water partition coefficient (Wildman–Crippen LogP) is 16.9. The summed E-state index contributed by atoms with van der Waals surface area (Å²) in [6.45, 7) is 9.40. The number of nitrogens with zero attached hydrogens (tertiary/aromatic N) is 6. The Morgan fingerprint density at radius 3 is 0.910 bits per heavy atom. The van der Waals surface area contributed by atoms with Crippen molar-refractivity contribution in [3.05, 3.63) is 363 Å². The lowest BCUT2D eigenvalue weighted by Crippen LogP contribution is -2.32. The van der Waals surface area contributed by atoms with E-state index in [4.69, 9.17) is 51.1 Å². The van der Waals surface area contributed by atoms with Crippen LogP contribution in [-0.2, 0) is 105 Å². The third-order valence-electron chi connectivity index (χ3n) is 22.4. The summed E-state index contributed by atoms with van der Waals surface area (Å²) in [6, 6.07) is 59.6. The Morgan fingerprint density at radius 1 is 0.340 bits per heavy atom. The van der Waals surface area contributed by atoms with Crippen LogP contribution in [-0.4, -0.2) is 183 Å². The third kappa shape index (κ3) is 27.1. The summed E-state index contributed by atoms with van der Waals surface area (Å²) in [5.41, 5.74) is 8.87. The molecule has 0 aliphatic heterocycles. The van der Waals surface area contributed by atoms with Crippen LogP contribution in [0.4, 0.5) is 0 Å². The van der Waals surface area contributed by atoms with Gasteiger partial charge in [-0.25, -0.2) is 46.9 Å². The average molecular weight is 2200 g/mol. The van der Waals surface area contributed by atoms with E-state index in [0.29, 0.717) is 120 Å². The van der Waals surface area contributed by atoms with Gasteiger partial charge in [0.2, 0.25) is 0 Å². The average Bonchev–Trinajstić information content (AvgIpc) is 0.897. The van der Waals surface area contributed by atoms with Gasteiger partial charge in [0.1, 0.15) is 39.8 Å². The number of amides is 1. The Hall–Kier alpha value is -12.2. The number of aromatic nitrogens is 4. The maximum atomic E-state index is 13.4. The molecule has 41 heteroatoms. The molecular weight excluding hydrogens is 2100 g/mol. The van der Waals surface area contributed by atoms with Crippen molar-refractivity contribution in [1.29, 1.82) is 0 Å². The molecule has 0 aliphatic carbocycles. The Labute approximate surface area is 865 Å². The van der Waals surface area contributed by atoms with Crippen LogP contribution in [0.5, 0.6) is 0 Å². The molecule has 0 unspecified atom stereocenters. The SMILES string of the molecule is COC(=O)c1cn(-c2ccc(CC(=O)CS(=O)(=O)c3ccc(Cl)s3)cc2)c(=O)c2ccc(C)cc12.Cc1ccc2c(=O)n(-c3ccc(CC(=O)CS(=O)(=O)c4ccc(Cl)s4)cc3)cc(C(=O)NCCN(C)C)c2c1.Cc1ccc2c(=O)n(-c3ccc(CC(=O)CS(=O)(=O)c4ccc(Cl)s4)cc3)cc(CN(C)C)c2c1.Cc1ccc2c(=O)n(-c3ccc(CC(=O)CS(=O)(=O)c4ccc(Cl)s4)cc3)cc(S(C)(=O)=O)c2c1. The minimum absolute atomic E-state index is 0.0175. The number of hydrogen-bond donors (Lipinski definition) is 1. The number of halogens is 4. The number of likely N-dealkylation sites (N-methyl/N-ethyl adjacent to an activating group) is 1. The van der Waals surface area contributed by atoms with Gasteiger partial charge in [-0.3, -0.25) is 61.4 Å². The van der Waals surface area contributed by atoms with Crippen molar-refractivity contribution in [1.82, 2.24) is 33.4 Å². The van der Waals surface area contributed by atoms with Crippen LogP contribution in [0.15, 0.2) is 284 Å². The van der Waals surface area contributed by atoms with Crippen LogP contribution in [0.1, 0.15) is 70.8 Å². The molecule has 0 radical (unpaired) electrons. The fraction of sp³-hybridized carbons (Fsp3) is 0.204. The molecule has 0 bridgehead atoms. The molecule has 8 heterocycles. The van der Waals surface area contributed by atoms with E-state index >= 15 is 0 Å². The molecule has 0 spiro atoms. The lowest BCUT2D eigenvalue weighted by molar-refractivity contribution is -0.116. The summed E-state index contributed by atoms with van der Waals surface area (Å²) in [5.74, 6) is -5.14. The number of sulfone groups is 5. The number of thiophene rings is 4. The van der Waals surface area contributed by atoms with Gasteiger partial charge < -0.3 is 19.9 Å². The highest BCUT2D eigenvalue weighted by Gasteiger charge is 2.29. The summed E-state index contributed by atoms with van der Waals surface area (Å²) in [5, 5.41) is 7.01. The topological polar surface area (TPSA) is 389 Å². The van der Waals surface area contributed by atoms with Gasteiger partial charge in [0, 0.05) is 137 Å². The Kier molecular flexibility index (Phi) is 34.9. The Morgan fingerprint density at radius 2 is 0.618 bits per heavy atom. The van der Waals surface area contributed by atoms with E-state index in [1.54, 1.807) is 144 Å². The summed E-state index contributed by atoms with van der Waals surface area (Å²) >= 11 is 26.9. The molecular formula is C103H93Cl4N7O21S9. The number of pyridine rings is 4. The van der Waals surface area contributed by atoms with E-state index in [1.807, 2.05) is 97.3 Å². The first kappa shape index (κ1) is 109. The van der Waals surface area contributed by atoms with Crippen LogP contribution >= 0.6 is 91.8 Å². The third-order valence-corrected chi connectivity index (χ3v) is 37.5. The largest absolute Gasteiger partial charge is 0.465 e. The molecule has 16 aromatic rings. The number of rotatable bonds is 32. The maximum absolute atomic E-state index is 13.4. The molecule has 8 aromatic heterocycles. The number of ketones is 4. The highest BCUT2D eigenvalue weighted by atomic mass is 35.5. The maximum Gasteiger partial charge on any atom is 0.340 e. The molecule has 0 aliphatic rings. The van der Waals surface area contributed by atoms with Gasteiger partial charge in [-0.05, 0) is 216 Å². The molecule has 1 amide bonds. The van der Waals surface area contributed by atoms with Crippen molar-refractivity contribution in [3.8, 4) is 22.7 Å². The smallest absolute Gasteiger partial charge is 0.340 e. The molecule has 0 saturated heterocycles. The van der Waals surface area contributed by atoms with E-state index in [0.717, 1.165) is 84.8 Å². The highest BCUT2D eigenvalue weighted by Crippen LogP contribution is 2.34. The first-order valence-electron chi connectivity index (χ1n) is 43.8. The van der Waals surface area contributed by atoms with Crippen molar-refractivity contribution < 1.29 is 75.6 Å². The van der Waals surface area contributed by atoms with Crippen LogP contribution in [0.2, 0.25) is 17.3 Å². The minimum Gasteiger partial charge on any atom is -0.465 e. The molecule has 0 fully saturated rings. The van der Waals surface area contributed by atoms with Gasteiger partial charge in [-0.15, -0.1) is 45.3 Å². The van der Waals surface area contributed by atoms with E-state index in [9.17, 15) is 90.0 Å². The van der Waals surface area contributed by atoms with E-state index in [2.05, 4.69) is 10.2 Å². The number of carbonyl (C=O) groups is 6. The first-order valence-corrected chi connectivity index (χ1v) is 57.0. The number of esters is 1. The zero-order valence-corrected chi connectivity index (χ0v) is 89.2. The second-order valence-corrected chi connectivity index (χ2v) is 52.2. The van der Waals surface area contributed by atoms with Crippen LogP contribution < -0.4 is 27.6 Å². The Balaban J connectivity index is 0.000000161. The van der Waals surface area contributed by atoms with Crippen molar-refractivity contribution in [2.45, 2.75) is 81.7 Å². The number of benzene rings is 8. The zero-order valence-electron chi connectivity index (χ0n) is 78.8. The van der Waals surface area contributed by atoms with Crippen molar-refractivity contribution in [3.63, 3.8) is 0 Å².